The van der Waals surface area contributed by atoms with E-state index in [0.29, 0.717) is 12.2 Å². The second-order valence-corrected chi connectivity index (χ2v) is 3.57. The molecule has 1 N–H and O–H groups in total. The van der Waals surface area contributed by atoms with Crippen molar-refractivity contribution in [2.24, 2.45) is 5.92 Å². The van der Waals surface area contributed by atoms with Gasteiger partial charge in [-0.15, -0.1) is 0 Å². The first-order valence-corrected chi connectivity index (χ1v) is 5.07. The summed E-state index contributed by atoms with van der Waals surface area (Å²) >= 11 is 0.116. The third kappa shape index (κ3) is 4.00. The molecule has 5 heteroatoms. The van der Waals surface area contributed by atoms with Crippen molar-refractivity contribution in [1.29, 1.82) is 0 Å². The van der Waals surface area contributed by atoms with Crippen molar-refractivity contribution in [3.05, 3.63) is 0 Å². The molecule has 0 aromatic rings. The Kier molecular flexibility index (Phi) is 5.91. The lowest BCUT2D eigenvalue weighted by Gasteiger charge is -2.04. The standard InChI is InChI=1S/C5H9FO2S2/c1-2-4(5(7)8)3-9-10-6/h4H,2-3H2,1H3,(H,7,8). The molecule has 0 saturated carbocycles. The number of halogens is 1. The molecule has 0 aliphatic rings. The number of rotatable bonds is 5. The molecule has 1 unspecified atom stereocenters. The summed E-state index contributed by atoms with van der Waals surface area (Å²) in [6.07, 6.45) is 0.558. The third-order valence-electron chi connectivity index (χ3n) is 1.16. The minimum atomic E-state index is -0.843. The minimum absolute atomic E-state index is 0.116. The highest BCUT2D eigenvalue weighted by molar-refractivity contribution is 8.74. The van der Waals surface area contributed by atoms with Crippen molar-refractivity contribution >= 4 is 27.9 Å². The van der Waals surface area contributed by atoms with Crippen LogP contribution in [0.4, 0.5) is 3.89 Å². The molecule has 0 aliphatic heterocycles. The van der Waals surface area contributed by atoms with Gasteiger partial charge in [0.2, 0.25) is 0 Å². The zero-order valence-corrected chi connectivity index (χ0v) is 7.17. The van der Waals surface area contributed by atoms with Gasteiger partial charge in [-0.25, -0.2) is 0 Å². The van der Waals surface area contributed by atoms with Crippen LogP contribution in [0.3, 0.4) is 0 Å². The van der Waals surface area contributed by atoms with Crippen molar-refractivity contribution in [1.82, 2.24) is 0 Å². The Morgan fingerprint density at radius 3 is 2.70 bits per heavy atom. The van der Waals surface area contributed by atoms with Crippen LogP contribution in [0, 0.1) is 5.92 Å². The number of hydrogen-bond donors (Lipinski definition) is 1. The highest BCUT2D eigenvalue weighted by Crippen LogP contribution is 2.25. The highest BCUT2D eigenvalue weighted by atomic mass is 33.1. The molecule has 0 aliphatic carbocycles. The van der Waals surface area contributed by atoms with E-state index in [9.17, 15) is 8.68 Å². The van der Waals surface area contributed by atoms with Gasteiger partial charge >= 0.3 is 5.97 Å². The van der Waals surface area contributed by atoms with Crippen LogP contribution in [-0.4, -0.2) is 16.8 Å². The number of carbonyl (C=O) groups is 1. The van der Waals surface area contributed by atoms with Gasteiger partial charge in [0.05, 0.1) is 5.92 Å². The lowest BCUT2D eigenvalue weighted by Crippen LogP contribution is -2.14. The summed E-state index contributed by atoms with van der Waals surface area (Å²) < 4.78 is 11.4. The second kappa shape index (κ2) is 5.85. The number of hydrogen-bond acceptors (Lipinski definition) is 3. The van der Waals surface area contributed by atoms with Crippen LogP contribution >= 0.6 is 22.0 Å². The Morgan fingerprint density at radius 2 is 2.40 bits per heavy atom. The molecule has 0 radical (unpaired) electrons. The fraction of sp³-hybridized carbons (Fsp3) is 0.800. The van der Waals surface area contributed by atoms with Gasteiger partial charge in [0, 0.05) is 5.75 Å². The van der Waals surface area contributed by atoms with E-state index in [0.717, 1.165) is 10.8 Å². The third-order valence-corrected chi connectivity index (χ3v) is 2.46. The maximum atomic E-state index is 11.4. The van der Waals surface area contributed by atoms with Crippen LogP contribution in [0.15, 0.2) is 0 Å². The average Bonchev–Trinajstić information content (AvgIpc) is 1.89. The van der Waals surface area contributed by atoms with Crippen LogP contribution in [0.1, 0.15) is 13.3 Å². The van der Waals surface area contributed by atoms with E-state index in [-0.39, 0.29) is 11.2 Å². The van der Waals surface area contributed by atoms with Crippen molar-refractivity contribution in [3.63, 3.8) is 0 Å². The monoisotopic (exact) mass is 184 g/mol. The first-order chi connectivity index (χ1) is 4.72. The Balaban J connectivity index is 3.50. The summed E-state index contributed by atoms with van der Waals surface area (Å²) in [5, 5.41) is 8.45. The van der Waals surface area contributed by atoms with E-state index >= 15 is 0 Å². The van der Waals surface area contributed by atoms with Gasteiger partial charge in [0.15, 0.2) is 0 Å². The molecule has 0 amide bonds. The summed E-state index contributed by atoms with van der Waals surface area (Å²) in [4.78, 5) is 10.3. The summed E-state index contributed by atoms with van der Waals surface area (Å²) in [6.45, 7) is 1.78. The molecule has 0 heterocycles. The van der Waals surface area contributed by atoms with Crippen molar-refractivity contribution in [2.45, 2.75) is 13.3 Å². The van der Waals surface area contributed by atoms with Crippen LogP contribution in [-0.2, 0) is 4.79 Å². The molecular weight excluding hydrogens is 175 g/mol. The van der Waals surface area contributed by atoms with E-state index in [1.807, 2.05) is 0 Å². The van der Waals surface area contributed by atoms with Gasteiger partial charge < -0.3 is 5.11 Å². The van der Waals surface area contributed by atoms with E-state index in [4.69, 9.17) is 5.11 Å². The predicted molar refractivity (Wildman–Crippen MR) is 42.6 cm³/mol. The normalized spacial score (nSPS) is 13.0. The molecule has 2 nitrogen and oxygen atoms in total. The molecule has 0 spiro atoms. The molecule has 60 valence electrons. The Morgan fingerprint density at radius 1 is 1.80 bits per heavy atom. The molecule has 0 aromatic carbocycles. The van der Waals surface area contributed by atoms with E-state index in [2.05, 4.69) is 0 Å². The van der Waals surface area contributed by atoms with Crippen molar-refractivity contribution in [2.75, 3.05) is 5.75 Å². The number of carboxylic acids is 1. The fourth-order valence-electron chi connectivity index (χ4n) is 0.472. The second-order valence-electron chi connectivity index (χ2n) is 1.79. The van der Waals surface area contributed by atoms with Crippen LogP contribution in [0.5, 0.6) is 0 Å². The molecule has 0 bridgehead atoms. The lowest BCUT2D eigenvalue weighted by molar-refractivity contribution is -0.140. The molecule has 0 aromatic heterocycles. The summed E-state index contributed by atoms with van der Waals surface area (Å²) in [6, 6.07) is 0. The zero-order valence-electron chi connectivity index (χ0n) is 5.54. The highest BCUT2D eigenvalue weighted by Gasteiger charge is 2.14. The van der Waals surface area contributed by atoms with Gasteiger partial charge in [-0.05, 0) is 6.42 Å². The Labute approximate surface area is 67.3 Å². The summed E-state index contributed by atoms with van der Waals surface area (Å²) in [5.41, 5.74) is 0. The minimum Gasteiger partial charge on any atom is -0.481 e. The van der Waals surface area contributed by atoms with Crippen molar-refractivity contribution in [3.8, 4) is 0 Å². The number of aliphatic carboxylic acids is 1. The first kappa shape index (κ1) is 10.1. The zero-order chi connectivity index (χ0) is 7.98. The van der Waals surface area contributed by atoms with Gasteiger partial charge in [-0.2, -0.15) is 3.89 Å². The quantitative estimate of drug-likeness (QED) is 0.665. The maximum Gasteiger partial charge on any atom is 0.307 e. The largest absolute Gasteiger partial charge is 0.481 e. The molecule has 1 atom stereocenters. The van der Waals surface area contributed by atoms with Gasteiger partial charge in [0.25, 0.3) is 0 Å². The Bertz CT molecular complexity index is 110. The van der Waals surface area contributed by atoms with Gasteiger partial charge in [-0.1, -0.05) is 17.7 Å². The van der Waals surface area contributed by atoms with E-state index in [1.165, 1.54) is 0 Å². The molecular formula is C5H9FO2S2. The van der Waals surface area contributed by atoms with Crippen LogP contribution < -0.4 is 0 Å². The van der Waals surface area contributed by atoms with Crippen LogP contribution in [0.25, 0.3) is 0 Å². The lowest BCUT2D eigenvalue weighted by atomic mass is 10.1. The van der Waals surface area contributed by atoms with E-state index in [1.54, 1.807) is 6.92 Å². The summed E-state index contributed by atoms with van der Waals surface area (Å²) in [7, 11) is 0.938. The van der Waals surface area contributed by atoms with Crippen molar-refractivity contribution < 1.29 is 13.8 Å². The predicted octanol–water partition coefficient (Wildman–Crippen LogP) is 2.36. The fourth-order valence-corrected chi connectivity index (χ4v) is 1.71. The van der Waals surface area contributed by atoms with Gasteiger partial charge in [0.1, 0.15) is 11.2 Å². The topological polar surface area (TPSA) is 37.3 Å². The van der Waals surface area contributed by atoms with Gasteiger partial charge in [-0.3, -0.25) is 4.79 Å². The number of carboxylic acid groups (broad SMARTS) is 1. The smallest absolute Gasteiger partial charge is 0.307 e. The first-order valence-electron chi connectivity index (χ1n) is 2.85. The SMILES string of the molecule is CCC(CSSF)C(=O)O. The van der Waals surface area contributed by atoms with E-state index < -0.39 is 11.9 Å². The maximum absolute atomic E-state index is 11.4. The molecule has 0 saturated heterocycles. The molecule has 0 rings (SSSR count). The Hall–Kier alpha value is 0.1000. The summed E-state index contributed by atoms with van der Waals surface area (Å²) in [5.74, 6) is -0.912. The molecule has 0 fully saturated rings. The molecule has 10 heavy (non-hydrogen) atoms. The average molecular weight is 184 g/mol. The van der Waals surface area contributed by atoms with Crippen LogP contribution in [0.2, 0.25) is 0 Å².